The van der Waals surface area contributed by atoms with E-state index in [0.717, 1.165) is 0 Å². The van der Waals surface area contributed by atoms with Crippen molar-refractivity contribution in [2.75, 3.05) is 30.3 Å². The van der Waals surface area contributed by atoms with Crippen LogP contribution in [0.3, 0.4) is 0 Å². The average Bonchev–Trinajstić information content (AvgIpc) is 3.36. The Morgan fingerprint density at radius 2 is 2.23 bits per heavy atom. The smallest absolute Gasteiger partial charge is 0.279 e. The highest BCUT2D eigenvalue weighted by Crippen LogP contribution is 2.23. The molecule has 0 aliphatic carbocycles. The van der Waals surface area contributed by atoms with Crippen molar-refractivity contribution in [2.24, 2.45) is 11.1 Å². The first-order chi connectivity index (χ1) is 14.7. The third-order valence-electron chi connectivity index (χ3n) is 4.53. The Morgan fingerprint density at radius 1 is 1.45 bits per heavy atom. The van der Waals surface area contributed by atoms with Crippen molar-refractivity contribution < 1.29 is 22.6 Å². The van der Waals surface area contributed by atoms with Gasteiger partial charge in [0.2, 0.25) is 11.7 Å². The first-order valence-electron chi connectivity index (χ1n) is 9.48. The summed E-state index contributed by atoms with van der Waals surface area (Å²) in [5.41, 5.74) is 0.566. The maximum atomic E-state index is 13.4. The number of rotatable bonds is 8. The van der Waals surface area contributed by atoms with E-state index in [0.29, 0.717) is 31.7 Å². The number of aromatic nitrogens is 2. The van der Waals surface area contributed by atoms with Crippen LogP contribution in [0.15, 0.2) is 32.5 Å². The molecule has 1 fully saturated rings. The van der Waals surface area contributed by atoms with Crippen molar-refractivity contribution in [1.29, 1.82) is 0 Å². The number of anilines is 2. The second-order valence-electron chi connectivity index (χ2n) is 7.34. The van der Waals surface area contributed by atoms with Crippen LogP contribution in [0.4, 0.5) is 15.9 Å². The molecule has 170 valence electrons. The van der Waals surface area contributed by atoms with Crippen LogP contribution < -0.4 is 15.4 Å². The highest BCUT2D eigenvalue weighted by Gasteiger charge is 2.32. The van der Waals surface area contributed by atoms with Crippen LogP contribution in [-0.4, -0.2) is 59.8 Å². The Kier molecular flexibility index (Phi) is 7.46. The summed E-state index contributed by atoms with van der Waals surface area (Å²) < 4.78 is 47.0. The van der Waals surface area contributed by atoms with Crippen LogP contribution >= 0.6 is 15.9 Å². The molecule has 0 amide bonds. The molecule has 0 unspecified atom stereocenters. The van der Waals surface area contributed by atoms with Crippen LogP contribution in [0.1, 0.15) is 26.0 Å². The summed E-state index contributed by atoms with van der Waals surface area (Å²) in [7, 11) is -3.51. The summed E-state index contributed by atoms with van der Waals surface area (Å²) >= 11 is 3.09. The topological polar surface area (TPSA) is 145 Å². The largest absolute Gasteiger partial charge is 0.409 e. The summed E-state index contributed by atoms with van der Waals surface area (Å²) in [6, 6.07) is 4.00. The van der Waals surface area contributed by atoms with Crippen LogP contribution in [0, 0.1) is 11.7 Å². The summed E-state index contributed by atoms with van der Waals surface area (Å²) in [6.07, 6.45) is 0.676. The van der Waals surface area contributed by atoms with E-state index >= 15 is 0 Å². The number of halogens is 2. The number of nitrogens with zero attached hydrogens (tertiary/aromatic N) is 4. The molecule has 14 heteroatoms. The second-order valence-corrected chi connectivity index (χ2v) is 9.89. The Bertz CT molecular complexity index is 1050. The van der Waals surface area contributed by atoms with E-state index in [2.05, 4.69) is 46.8 Å². The third kappa shape index (κ3) is 5.90. The fraction of sp³-hybridized carbons (Fsp3) is 0.471. The SMILES string of the molecule is CC(C)NS(=O)(=O)N1CC[C@H](CNc2nonc2/C(=N/O)Nc2ccc(F)c(Br)c2)C1. The van der Waals surface area contributed by atoms with Crippen LogP contribution in [0.2, 0.25) is 0 Å². The first kappa shape index (κ1) is 23.4. The van der Waals surface area contributed by atoms with Crippen molar-refractivity contribution in [3.8, 4) is 0 Å². The Hall–Kier alpha value is -2.29. The number of hydrogen-bond donors (Lipinski definition) is 4. The Morgan fingerprint density at radius 3 is 2.90 bits per heavy atom. The normalized spacial score (nSPS) is 18.0. The highest BCUT2D eigenvalue weighted by molar-refractivity contribution is 9.10. The van der Waals surface area contributed by atoms with E-state index in [9.17, 15) is 18.0 Å². The molecule has 11 nitrogen and oxygen atoms in total. The van der Waals surface area contributed by atoms with Gasteiger partial charge in [0.05, 0.1) is 4.47 Å². The minimum absolute atomic E-state index is 0.0452. The quantitative estimate of drug-likeness (QED) is 0.180. The maximum Gasteiger partial charge on any atom is 0.279 e. The number of benzene rings is 1. The maximum absolute atomic E-state index is 13.4. The van der Waals surface area contributed by atoms with E-state index in [1.54, 1.807) is 13.8 Å². The van der Waals surface area contributed by atoms with Gasteiger partial charge in [0, 0.05) is 31.4 Å². The van der Waals surface area contributed by atoms with Gasteiger partial charge in [0.25, 0.3) is 10.2 Å². The predicted octanol–water partition coefficient (Wildman–Crippen LogP) is 2.20. The van der Waals surface area contributed by atoms with E-state index in [4.69, 9.17) is 4.63 Å². The van der Waals surface area contributed by atoms with Crippen molar-refractivity contribution in [3.63, 3.8) is 0 Å². The fourth-order valence-electron chi connectivity index (χ4n) is 3.10. The van der Waals surface area contributed by atoms with Gasteiger partial charge in [-0.2, -0.15) is 17.4 Å². The zero-order valence-electron chi connectivity index (χ0n) is 16.8. The lowest BCUT2D eigenvalue weighted by atomic mass is 10.1. The molecule has 0 spiro atoms. The van der Waals surface area contributed by atoms with Gasteiger partial charge in [-0.15, -0.1) is 0 Å². The minimum Gasteiger partial charge on any atom is -0.409 e. The molecule has 1 saturated heterocycles. The molecule has 31 heavy (non-hydrogen) atoms. The number of nitrogens with one attached hydrogen (secondary N) is 3. The van der Waals surface area contributed by atoms with Gasteiger partial charge >= 0.3 is 0 Å². The molecule has 0 saturated carbocycles. The van der Waals surface area contributed by atoms with Crippen molar-refractivity contribution >= 4 is 43.5 Å². The third-order valence-corrected chi connectivity index (χ3v) is 6.91. The lowest BCUT2D eigenvalue weighted by molar-refractivity contribution is 0.305. The minimum atomic E-state index is -3.51. The van der Waals surface area contributed by atoms with Crippen molar-refractivity contribution in [1.82, 2.24) is 19.3 Å². The molecule has 1 aliphatic heterocycles. The fourth-order valence-corrected chi connectivity index (χ4v) is 4.97. The zero-order valence-corrected chi connectivity index (χ0v) is 19.2. The molecule has 1 aromatic carbocycles. The molecular formula is C17H23BrFN7O4S. The molecule has 2 aromatic rings. The summed E-state index contributed by atoms with van der Waals surface area (Å²) in [5, 5.41) is 26.0. The van der Waals surface area contributed by atoms with Gasteiger partial charge in [-0.05, 0) is 70.6 Å². The second kappa shape index (κ2) is 9.89. The lowest BCUT2D eigenvalue weighted by Gasteiger charge is -2.19. The van der Waals surface area contributed by atoms with Gasteiger partial charge in [-0.1, -0.05) is 5.16 Å². The molecule has 0 radical (unpaired) electrons. The van der Waals surface area contributed by atoms with E-state index in [1.807, 2.05) is 0 Å². The monoisotopic (exact) mass is 519 g/mol. The molecule has 4 N–H and O–H groups in total. The van der Waals surface area contributed by atoms with Crippen molar-refractivity contribution in [3.05, 3.63) is 34.2 Å². The summed E-state index contributed by atoms with van der Waals surface area (Å²) in [6.45, 7) is 4.73. The Balaban J connectivity index is 1.62. The van der Waals surface area contributed by atoms with Gasteiger partial charge in [-0.25, -0.2) is 9.02 Å². The Labute approximate surface area is 187 Å². The summed E-state index contributed by atoms with van der Waals surface area (Å²) in [4.78, 5) is 0. The van der Waals surface area contributed by atoms with Crippen LogP contribution in [-0.2, 0) is 10.2 Å². The van der Waals surface area contributed by atoms with E-state index in [-0.39, 0.29) is 33.8 Å². The molecule has 1 aliphatic rings. The zero-order chi connectivity index (χ0) is 22.6. The van der Waals surface area contributed by atoms with E-state index in [1.165, 1.54) is 22.5 Å². The number of hydrogen-bond acceptors (Lipinski definition) is 8. The molecule has 2 heterocycles. The van der Waals surface area contributed by atoms with Gasteiger partial charge in [-0.3, -0.25) is 0 Å². The van der Waals surface area contributed by atoms with Crippen LogP contribution in [0.25, 0.3) is 0 Å². The van der Waals surface area contributed by atoms with Gasteiger partial charge in [0.15, 0.2) is 5.69 Å². The van der Waals surface area contributed by atoms with Crippen molar-refractivity contribution in [2.45, 2.75) is 26.3 Å². The van der Waals surface area contributed by atoms with Crippen LogP contribution in [0.5, 0.6) is 0 Å². The molecule has 1 atom stereocenters. The molecule has 3 rings (SSSR count). The average molecular weight is 520 g/mol. The number of oxime groups is 1. The highest BCUT2D eigenvalue weighted by atomic mass is 79.9. The molecule has 0 bridgehead atoms. The van der Waals surface area contributed by atoms with Gasteiger partial charge in [0.1, 0.15) is 5.82 Å². The van der Waals surface area contributed by atoms with E-state index < -0.39 is 16.0 Å². The summed E-state index contributed by atoms with van der Waals surface area (Å²) in [5.74, 6) is -0.222. The lowest BCUT2D eigenvalue weighted by Crippen LogP contribution is -2.42. The predicted molar refractivity (Wildman–Crippen MR) is 116 cm³/mol. The molecular weight excluding hydrogens is 497 g/mol. The standard InChI is InChI=1S/C17H23BrFN7O4S/c1-10(2)25-31(28,29)26-6-5-11(9-26)8-20-16-15(23-30-24-16)17(22-27)21-12-3-4-14(19)13(18)7-12/h3-4,7,10-11,25,27H,5-6,8-9H2,1-2H3,(H,20,24)(H,21,22)/t11-/m1/s1. The van der Waals surface area contributed by atoms with Gasteiger partial charge < -0.3 is 15.8 Å². The number of amidine groups is 1. The molecule has 1 aromatic heterocycles. The first-order valence-corrected chi connectivity index (χ1v) is 11.7.